The standard InChI is InChI=1S/C13H21BrN4/c1-10(18-5-3-2-4-6-18)8-16-13-12(15)7-11(14)9-17-13/h7,9-10H,2-6,8,15H2,1H3,(H,16,17). The first-order valence-corrected chi connectivity index (χ1v) is 7.35. The second-order valence-corrected chi connectivity index (χ2v) is 5.83. The molecule has 4 nitrogen and oxygen atoms in total. The van der Waals surface area contributed by atoms with Crippen molar-refractivity contribution in [2.24, 2.45) is 0 Å². The first-order valence-electron chi connectivity index (χ1n) is 6.56. The number of anilines is 2. The Kier molecular flexibility index (Phi) is 4.83. The summed E-state index contributed by atoms with van der Waals surface area (Å²) >= 11 is 3.36. The maximum atomic E-state index is 5.92. The van der Waals surface area contributed by atoms with Crippen molar-refractivity contribution in [3.63, 3.8) is 0 Å². The monoisotopic (exact) mass is 312 g/mol. The highest BCUT2D eigenvalue weighted by atomic mass is 79.9. The molecule has 1 aliphatic heterocycles. The van der Waals surface area contributed by atoms with Crippen molar-refractivity contribution in [3.8, 4) is 0 Å². The van der Waals surface area contributed by atoms with Crippen LogP contribution < -0.4 is 11.1 Å². The van der Waals surface area contributed by atoms with E-state index < -0.39 is 0 Å². The van der Waals surface area contributed by atoms with Crippen LogP contribution in [0.5, 0.6) is 0 Å². The van der Waals surface area contributed by atoms with E-state index in [0.29, 0.717) is 11.7 Å². The number of rotatable bonds is 4. The summed E-state index contributed by atoms with van der Waals surface area (Å²) in [5, 5.41) is 3.34. The molecule has 1 unspecified atom stereocenters. The number of piperidine rings is 1. The first kappa shape index (κ1) is 13.6. The number of halogens is 1. The van der Waals surface area contributed by atoms with Crippen LogP contribution in [-0.4, -0.2) is 35.6 Å². The number of nitrogens with zero attached hydrogens (tertiary/aromatic N) is 2. The van der Waals surface area contributed by atoms with Crippen LogP contribution >= 0.6 is 15.9 Å². The summed E-state index contributed by atoms with van der Waals surface area (Å²) in [6, 6.07) is 2.40. The molecule has 0 saturated carbocycles. The van der Waals surface area contributed by atoms with Gasteiger partial charge in [0.1, 0.15) is 5.82 Å². The van der Waals surface area contributed by atoms with Crippen LogP contribution in [0.2, 0.25) is 0 Å². The summed E-state index contributed by atoms with van der Waals surface area (Å²) in [4.78, 5) is 6.83. The molecule has 0 aliphatic carbocycles. The van der Waals surface area contributed by atoms with E-state index >= 15 is 0 Å². The summed E-state index contributed by atoms with van der Waals surface area (Å²) < 4.78 is 0.912. The van der Waals surface area contributed by atoms with Gasteiger partial charge in [0.15, 0.2) is 0 Å². The average Bonchev–Trinajstić information content (AvgIpc) is 2.38. The lowest BCUT2D eigenvalue weighted by Crippen LogP contribution is -2.41. The molecule has 5 heteroatoms. The van der Waals surface area contributed by atoms with Gasteiger partial charge < -0.3 is 11.1 Å². The Morgan fingerprint density at radius 1 is 1.44 bits per heavy atom. The molecule has 0 bridgehead atoms. The van der Waals surface area contributed by atoms with Gasteiger partial charge in [-0.05, 0) is 54.9 Å². The van der Waals surface area contributed by atoms with Crippen molar-refractivity contribution in [3.05, 3.63) is 16.7 Å². The van der Waals surface area contributed by atoms with Crippen molar-refractivity contribution >= 4 is 27.4 Å². The average molecular weight is 313 g/mol. The third-order valence-electron chi connectivity index (χ3n) is 3.46. The molecule has 3 N–H and O–H groups in total. The minimum atomic E-state index is 0.523. The van der Waals surface area contributed by atoms with Gasteiger partial charge in [0.05, 0.1) is 5.69 Å². The van der Waals surface area contributed by atoms with Gasteiger partial charge in [-0.15, -0.1) is 0 Å². The third-order valence-corrected chi connectivity index (χ3v) is 3.90. The zero-order valence-electron chi connectivity index (χ0n) is 10.8. The van der Waals surface area contributed by atoms with Crippen LogP contribution in [0.25, 0.3) is 0 Å². The maximum Gasteiger partial charge on any atom is 0.149 e. The lowest BCUT2D eigenvalue weighted by molar-refractivity contribution is 0.180. The van der Waals surface area contributed by atoms with Crippen molar-refractivity contribution in [1.82, 2.24) is 9.88 Å². The van der Waals surface area contributed by atoms with Gasteiger partial charge in [-0.1, -0.05) is 6.42 Å². The highest BCUT2D eigenvalue weighted by Gasteiger charge is 2.16. The van der Waals surface area contributed by atoms with E-state index in [-0.39, 0.29) is 0 Å². The molecular weight excluding hydrogens is 292 g/mol. The lowest BCUT2D eigenvalue weighted by Gasteiger charge is -2.32. The first-order chi connectivity index (χ1) is 8.66. The Morgan fingerprint density at radius 2 is 2.17 bits per heavy atom. The Hall–Kier alpha value is -0.810. The summed E-state index contributed by atoms with van der Waals surface area (Å²) in [5.41, 5.74) is 6.61. The summed E-state index contributed by atoms with van der Waals surface area (Å²) in [6.07, 6.45) is 5.79. The molecule has 100 valence electrons. The molecule has 2 rings (SSSR count). The molecule has 0 aromatic carbocycles. The molecular formula is C13H21BrN4. The number of likely N-dealkylation sites (tertiary alicyclic amines) is 1. The fourth-order valence-corrected chi connectivity index (χ4v) is 2.68. The van der Waals surface area contributed by atoms with Crippen LogP contribution in [0.15, 0.2) is 16.7 Å². The van der Waals surface area contributed by atoms with Gasteiger partial charge in [-0.25, -0.2) is 4.98 Å². The lowest BCUT2D eigenvalue weighted by atomic mass is 10.1. The molecule has 0 spiro atoms. The van der Waals surface area contributed by atoms with E-state index in [2.05, 4.69) is 38.1 Å². The molecule has 2 heterocycles. The van der Waals surface area contributed by atoms with Crippen LogP contribution in [-0.2, 0) is 0 Å². The van der Waals surface area contributed by atoms with E-state index in [1.165, 1.54) is 32.4 Å². The van der Waals surface area contributed by atoms with Gasteiger partial charge in [0.2, 0.25) is 0 Å². The fourth-order valence-electron chi connectivity index (χ4n) is 2.34. The van der Waals surface area contributed by atoms with Crippen molar-refractivity contribution < 1.29 is 0 Å². The van der Waals surface area contributed by atoms with E-state index in [9.17, 15) is 0 Å². The van der Waals surface area contributed by atoms with Gasteiger partial charge in [0, 0.05) is 23.3 Å². The second-order valence-electron chi connectivity index (χ2n) is 4.92. The Labute approximate surface area is 117 Å². The zero-order chi connectivity index (χ0) is 13.0. The molecule has 18 heavy (non-hydrogen) atoms. The Morgan fingerprint density at radius 3 is 2.83 bits per heavy atom. The number of nitrogen functional groups attached to an aromatic ring is 1. The van der Waals surface area contributed by atoms with Gasteiger partial charge in [0.25, 0.3) is 0 Å². The summed E-state index contributed by atoms with van der Waals surface area (Å²) in [7, 11) is 0. The van der Waals surface area contributed by atoms with E-state index in [1.54, 1.807) is 6.20 Å². The number of hydrogen-bond acceptors (Lipinski definition) is 4. The van der Waals surface area contributed by atoms with Crippen LogP contribution in [0, 0.1) is 0 Å². The molecule has 0 amide bonds. The van der Waals surface area contributed by atoms with E-state index in [1.807, 2.05) is 6.07 Å². The largest absolute Gasteiger partial charge is 0.396 e. The van der Waals surface area contributed by atoms with E-state index in [4.69, 9.17) is 5.73 Å². The van der Waals surface area contributed by atoms with Crippen LogP contribution in [0.4, 0.5) is 11.5 Å². The van der Waals surface area contributed by atoms with Crippen LogP contribution in [0.3, 0.4) is 0 Å². The van der Waals surface area contributed by atoms with Gasteiger partial charge >= 0.3 is 0 Å². The van der Waals surface area contributed by atoms with Crippen molar-refractivity contribution in [2.75, 3.05) is 30.7 Å². The minimum Gasteiger partial charge on any atom is -0.396 e. The normalized spacial score (nSPS) is 18.6. The molecule has 0 radical (unpaired) electrons. The topological polar surface area (TPSA) is 54.2 Å². The second kappa shape index (κ2) is 6.38. The van der Waals surface area contributed by atoms with Gasteiger partial charge in [-0.3, -0.25) is 4.90 Å². The molecule has 1 aromatic heterocycles. The smallest absolute Gasteiger partial charge is 0.149 e. The van der Waals surface area contributed by atoms with Crippen LogP contribution in [0.1, 0.15) is 26.2 Å². The third kappa shape index (κ3) is 3.59. The highest BCUT2D eigenvalue weighted by molar-refractivity contribution is 9.10. The quantitative estimate of drug-likeness (QED) is 0.897. The SMILES string of the molecule is CC(CNc1ncc(Br)cc1N)N1CCCCC1. The molecule has 1 aliphatic rings. The van der Waals surface area contributed by atoms with Crippen molar-refractivity contribution in [2.45, 2.75) is 32.2 Å². The maximum absolute atomic E-state index is 5.92. The zero-order valence-corrected chi connectivity index (χ0v) is 12.4. The molecule has 1 fully saturated rings. The molecule has 1 aromatic rings. The number of aromatic nitrogens is 1. The predicted octanol–water partition coefficient (Wildman–Crippen LogP) is 2.71. The van der Waals surface area contributed by atoms with Crippen molar-refractivity contribution in [1.29, 1.82) is 0 Å². The summed E-state index contributed by atoms with van der Waals surface area (Å²) in [5.74, 6) is 0.780. The Balaban J connectivity index is 1.86. The number of nitrogens with two attached hydrogens (primary N) is 1. The molecule has 1 atom stereocenters. The Bertz CT molecular complexity index is 391. The number of hydrogen-bond donors (Lipinski definition) is 2. The van der Waals surface area contributed by atoms with Gasteiger partial charge in [-0.2, -0.15) is 0 Å². The summed E-state index contributed by atoms with van der Waals surface area (Å²) in [6.45, 7) is 5.57. The fraction of sp³-hybridized carbons (Fsp3) is 0.615. The minimum absolute atomic E-state index is 0.523. The van der Waals surface area contributed by atoms with E-state index in [0.717, 1.165) is 16.8 Å². The highest BCUT2D eigenvalue weighted by Crippen LogP contribution is 2.20. The number of pyridine rings is 1. The number of nitrogens with one attached hydrogen (secondary N) is 1. The predicted molar refractivity (Wildman–Crippen MR) is 79.7 cm³/mol. The molecule has 1 saturated heterocycles.